The number of hydrogen-bond acceptors (Lipinski definition) is 12. The van der Waals surface area contributed by atoms with E-state index < -0.39 is 24.3 Å². The van der Waals surface area contributed by atoms with Crippen molar-refractivity contribution in [1.82, 2.24) is 60.3 Å². The van der Waals surface area contributed by atoms with Gasteiger partial charge in [0.25, 0.3) is 0 Å². The van der Waals surface area contributed by atoms with Crippen LogP contribution in [0.3, 0.4) is 0 Å². The first-order valence-corrected chi connectivity index (χ1v) is 19.9. The largest absolute Gasteiger partial charge is 0.388 e. The van der Waals surface area contributed by atoms with Crippen LogP contribution in [0.5, 0.6) is 0 Å². The molecule has 0 spiro atoms. The highest BCUT2D eigenvalue weighted by Crippen LogP contribution is 2.40. The van der Waals surface area contributed by atoms with Crippen molar-refractivity contribution in [2.75, 3.05) is 36.4 Å². The van der Waals surface area contributed by atoms with Gasteiger partial charge in [-0.05, 0) is 41.3 Å². The van der Waals surface area contributed by atoms with E-state index in [0.717, 1.165) is 28.0 Å². The van der Waals surface area contributed by atoms with Gasteiger partial charge in [-0.1, -0.05) is 79.7 Å². The molecule has 17 nitrogen and oxygen atoms in total. The first-order valence-electron chi connectivity index (χ1n) is 19.9. The molecule has 4 aromatic heterocycles. The first kappa shape index (κ1) is 39.6. The van der Waals surface area contributed by atoms with Gasteiger partial charge in [-0.15, -0.1) is 22.6 Å². The SMILES string of the molecule is CCc1nnn([C@H]2C[C@@H](n3cnc4c(NCC(c5ccccc5)c5ccccc5)nc(N5CC[C@@H](NC(=O)NCCc6nc7ccccc7[nH]6)C5)nc43)[C@H](O)[C@@H]2O)n1.Cl. The van der Waals surface area contributed by atoms with E-state index in [1.165, 1.54) is 4.80 Å². The van der Waals surface area contributed by atoms with Crippen LogP contribution in [0.4, 0.5) is 16.6 Å². The number of rotatable bonds is 13. The fraction of sp³-hybridized carbons (Fsp3) is 0.366. The topological polar surface area (TPSA) is 213 Å². The summed E-state index contributed by atoms with van der Waals surface area (Å²) in [4.78, 5) is 39.2. The lowest BCUT2D eigenvalue weighted by Crippen LogP contribution is -2.44. The summed E-state index contributed by atoms with van der Waals surface area (Å²) in [5, 5.41) is 45.0. The number of aromatic amines is 1. The minimum atomic E-state index is -1.14. The molecule has 2 fully saturated rings. The third-order valence-electron chi connectivity index (χ3n) is 11.2. The van der Waals surface area contributed by atoms with Crippen molar-refractivity contribution in [3.63, 3.8) is 0 Å². The fourth-order valence-electron chi connectivity index (χ4n) is 8.15. The van der Waals surface area contributed by atoms with Crippen molar-refractivity contribution in [2.45, 2.75) is 68.9 Å². The summed E-state index contributed by atoms with van der Waals surface area (Å²) in [5.74, 6) is 2.41. The highest BCUT2D eigenvalue weighted by atomic mass is 35.5. The number of aliphatic hydroxyl groups is 2. The van der Waals surface area contributed by atoms with Crippen LogP contribution in [0, 0.1) is 0 Å². The van der Waals surface area contributed by atoms with Gasteiger partial charge in [0, 0.05) is 51.0 Å². The third-order valence-corrected chi connectivity index (χ3v) is 11.2. The number of tetrazole rings is 1. The van der Waals surface area contributed by atoms with Crippen molar-refractivity contribution < 1.29 is 15.0 Å². The number of urea groups is 1. The molecule has 2 amide bonds. The summed E-state index contributed by atoms with van der Waals surface area (Å²) in [6, 6.07) is 27.0. The fourth-order valence-corrected chi connectivity index (χ4v) is 8.15. The molecule has 3 aromatic carbocycles. The zero-order chi connectivity index (χ0) is 39.6. The maximum atomic E-state index is 13.0. The maximum Gasteiger partial charge on any atom is 0.315 e. The number of halogens is 1. The van der Waals surface area contributed by atoms with Crippen LogP contribution < -0.4 is 20.9 Å². The molecule has 2 aliphatic rings. The Hall–Kier alpha value is -6.17. The lowest BCUT2D eigenvalue weighted by atomic mass is 9.91. The minimum Gasteiger partial charge on any atom is -0.388 e. The predicted molar refractivity (Wildman–Crippen MR) is 225 cm³/mol. The number of hydrogen-bond donors (Lipinski definition) is 6. The number of nitrogens with zero attached hydrogens (tertiary/aromatic N) is 10. The Bertz CT molecular complexity index is 2420. The van der Waals surface area contributed by atoms with Gasteiger partial charge in [0.05, 0.1) is 23.4 Å². The molecular weight excluding hydrogens is 772 g/mol. The number of carbonyl (C=O) groups excluding carboxylic acids is 1. The summed E-state index contributed by atoms with van der Waals surface area (Å²) in [7, 11) is 0. The Kier molecular flexibility index (Phi) is 11.7. The monoisotopic (exact) mass is 818 g/mol. The van der Waals surface area contributed by atoms with Crippen LogP contribution in [0.1, 0.15) is 60.5 Å². The molecule has 6 N–H and O–H groups in total. The summed E-state index contributed by atoms with van der Waals surface area (Å²) in [6.45, 7) is 4.01. The highest BCUT2D eigenvalue weighted by molar-refractivity contribution is 5.85. The third kappa shape index (κ3) is 8.26. The summed E-state index contributed by atoms with van der Waals surface area (Å²) < 4.78 is 1.82. The van der Waals surface area contributed by atoms with Crippen LogP contribution in [-0.2, 0) is 12.8 Å². The van der Waals surface area contributed by atoms with Crippen molar-refractivity contribution in [3.05, 3.63) is 114 Å². The predicted octanol–water partition coefficient (Wildman–Crippen LogP) is 3.95. The van der Waals surface area contributed by atoms with Crippen LogP contribution >= 0.6 is 12.4 Å². The second-order valence-electron chi connectivity index (χ2n) is 15.0. The van der Waals surface area contributed by atoms with Gasteiger partial charge in [0.2, 0.25) is 5.95 Å². The average molecular weight is 819 g/mol. The van der Waals surface area contributed by atoms with E-state index in [-0.39, 0.29) is 30.4 Å². The van der Waals surface area contributed by atoms with Gasteiger partial charge in [-0.3, -0.25) is 0 Å². The Morgan fingerprint density at radius 1 is 0.932 bits per heavy atom. The quantitative estimate of drug-likeness (QED) is 0.0977. The molecule has 0 unspecified atom stereocenters. The van der Waals surface area contributed by atoms with Gasteiger partial charge in [0.15, 0.2) is 22.8 Å². The molecule has 1 saturated heterocycles. The standard InChI is InChI=1S/C41H46N14O3.ClH/c1-2-33-50-52-55(51-33)32-21-31(36(56)37(32)57)54-24-44-35-38(43-22-28(25-11-5-3-6-12-25)26-13-7-4-8-14-26)48-40(49-39(35)54)53-20-18-27(23-53)45-41(58)42-19-17-34-46-29-15-9-10-16-30(29)47-34;/h3-16,24,27-28,31-32,36-37,56-57H,2,17-23H2,1H3,(H,46,47)(H2,42,45,58)(H,43,48,49);1H/t27-,31-,32+,36+,37-;/m1./s1. The lowest BCUT2D eigenvalue weighted by molar-refractivity contribution is 0.00473. The number of aliphatic hydroxyl groups excluding tert-OH is 2. The van der Waals surface area contributed by atoms with Gasteiger partial charge in [-0.25, -0.2) is 14.8 Å². The number of nitrogens with one attached hydrogen (secondary N) is 4. The van der Waals surface area contributed by atoms with E-state index in [1.807, 2.05) is 72.2 Å². The number of aromatic nitrogens is 10. The number of H-pyrrole nitrogens is 1. The second-order valence-corrected chi connectivity index (χ2v) is 15.0. The van der Waals surface area contributed by atoms with E-state index in [4.69, 9.17) is 15.0 Å². The lowest BCUT2D eigenvalue weighted by Gasteiger charge is -2.22. The molecule has 5 heterocycles. The number of imidazole rings is 2. The highest BCUT2D eigenvalue weighted by Gasteiger charge is 2.45. The smallest absolute Gasteiger partial charge is 0.315 e. The number of fused-ring (bicyclic) bond motifs is 2. The summed E-state index contributed by atoms with van der Waals surface area (Å²) in [6.07, 6.45) is 1.60. The van der Waals surface area contributed by atoms with Gasteiger partial charge < -0.3 is 40.6 Å². The molecule has 5 atom stereocenters. The number of para-hydroxylation sites is 2. The number of aryl methyl sites for hydroxylation is 1. The van der Waals surface area contributed by atoms with Crippen LogP contribution in [0.2, 0.25) is 0 Å². The van der Waals surface area contributed by atoms with Crippen molar-refractivity contribution >= 4 is 52.4 Å². The molecule has 1 saturated carbocycles. The number of amides is 2. The molecule has 7 aromatic rings. The van der Waals surface area contributed by atoms with E-state index in [1.54, 1.807) is 6.33 Å². The number of benzene rings is 3. The Morgan fingerprint density at radius 3 is 2.39 bits per heavy atom. The van der Waals surface area contributed by atoms with Crippen molar-refractivity contribution in [3.8, 4) is 0 Å². The summed E-state index contributed by atoms with van der Waals surface area (Å²) >= 11 is 0. The Labute approximate surface area is 346 Å². The molecule has 1 aliphatic heterocycles. The van der Waals surface area contributed by atoms with E-state index >= 15 is 0 Å². The molecule has 1 aliphatic carbocycles. The molecular formula is C41H47ClN14O3. The second kappa shape index (κ2) is 17.4. The Morgan fingerprint density at radius 2 is 1.66 bits per heavy atom. The average Bonchev–Trinajstić information content (AvgIpc) is 4.10. The molecule has 9 rings (SSSR count). The molecule has 0 radical (unpaired) electrons. The van der Waals surface area contributed by atoms with Crippen LogP contribution in [0.25, 0.3) is 22.2 Å². The molecule has 59 heavy (non-hydrogen) atoms. The maximum absolute atomic E-state index is 13.0. The summed E-state index contributed by atoms with van der Waals surface area (Å²) in [5.41, 5.74) is 5.24. The molecule has 18 heteroatoms. The van der Waals surface area contributed by atoms with Crippen LogP contribution in [-0.4, -0.2) is 110 Å². The number of anilines is 2. The molecule has 306 valence electrons. The number of carbonyl (C=O) groups is 1. The molecule has 0 bridgehead atoms. The Balaban J connectivity index is 0.00000484. The van der Waals surface area contributed by atoms with E-state index in [2.05, 4.69) is 70.5 Å². The van der Waals surface area contributed by atoms with Gasteiger partial charge >= 0.3 is 6.03 Å². The first-order chi connectivity index (χ1) is 28.4. The van der Waals surface area contributed by atoms with Gasteiger partial charge in [0.1, 0.15) is 24.1 Å². The normalized spacial score (nSPS) is 20.3. The van der Waals surface area contributed by atoms with Crippen LogP contribution in [0.15, 0.2) is 91.3 Å². The van der Waals surface area contributed by atoms with E-state index in [0.29, 0.717) is 80.6 Å². The van der Waals surface area contributed by atoms with Crippen molar-refractivity contribution in [1.29, 1.82) is 0 Å². The zero-order valence-corrected chi connectivity index (χ0v) is 33.3. The minimum absolute atomic E-state index is 0. The van der Waals surface area contributed by atoms with E-state index in [9.17, 15) is 15.0 Å². The van der Waals surface area contributed by atoms with Crippen molar-refractivity contribution in [2.24, 2.45) is 0 Å². The van der Waals surface area contributed by atoms with Gasteiger partial charge in [-0.2, -0.15) is 14.8 Å². The zero-order valence-electron chi connectivity index (χ0n) is 32.5.